The molecule has 1 N–H and O–H groups in total. The Labute approximate surface area is 126 Å². The van der Waals surface area contributed by atoms with E-state index in [0.717, 1.165) is 0 Å². The molecule has 6 heteroatoms. The lowest BCUT2D eigenvalue weighted by atomic mass is 10.2. The quantitative estimate of drug-likeness (QED) is 0.916. The minimum Gasteiger partial charge on any atom is -0.508 e. The molecule has 2 rings (SSSR count). The number of hydrogen-bond donors (Lipinski definition) is 1. The Morgan fingerprint density at radius 1 is 1.15 bits per heavy atom. The zero-order valence-electron chi connectivity index (χ0n) is 10.8. The fourth-order valence-electron chi connectivity index (χ4n) is 1.78. The Morgan fingerprint density at radius 2 is 1.85 bits per heavy atom. The first-order valence-electron chi connectivity index (χ1n) is 5.90. The predicted molar refractivity (Wildman–Crippen MR) is 80.9 cm³/mol. The fraction of sp³-hybridized carbons (Fsp3) is 0.143. The molecule has 2 aromatic rings. The van der Waals surface area contributed by atoms with Crippen LogP contribution >= 0.6 is 15.9 Å². The molecule has 0 fully saturated rings. The number of rotatable bonds is 4. The van der Waals surface area contributed by atoms with Crippen molar-refractivity contribution in [3.05, 3.63) is 58.6 Å². The van der Waals surface area contributed by atoms with E-state index in [4.69, 9.17) is 0 Å². The first-order chi connectivity index (χ1) is 9.41. The van der Waals surface area contributed by atoms with Gasteiger partial charge in [0.25, 0.3) is 0 Å². The van der Waals surface area contributed by atoms with Gasteiger partial charge in [0.2, 0.25) is 10.0 Å². The highest BCUT2D eigenvalue weighted by Gasteiger charge is 2.21. The van der Waals surface area contributed by atoms with Gasteiger partial charge in [0.15, 0.2) is 0 Å². The summed E-state index contributed by atoms with van der Waals surface area (Å²) < 4.78 is 26.8. The van der Waals surface area contributed by atoms with Gasteiger partial charge in [0, 0.05) is 23.6 Å². The van der Waals surface area contributed by atoms with E-state index in [1.54, 1.807) is 42.5 Å². The van der Waals surface area contributed by atoms with Crippen molar-refractivity contribution in [3.8, 4) is 5.75 Å². The molecule has 0 radical (unpaired) electrons. The number of benzene rings is 2. The van der Waals surface area contributed by atoms with E-state index in [1.165, 1.54) is 17.4 Å². The molecule has 4 nitrogen and oxygen atoms in total. The normalized spacial score (nSPS) is 11.8. The molecule has 106 valence electrons. The Kier molecular flexibility index (Phi) is 4.47. The lowest BCUT2D eigenvalue weighted by Crippen LogP contribution is -2.26. The van der Waals surface area contributed by atoms with Gasteiger partial charge in [-0.1, -0.05) is 40.2 Å². The monoisotopic (exact) mass is 355 g/mol. The van der Waals surface area contributed by atoms with Crippen LogP contribution in [0.25, 0.3) is 0 Å². The smallest absolute Gasteiger partial charge is 0.243 e. The van der Waals surface area contributed by atoms with Crippen molar-refractivity contribution in [1.82, 2.24) is 4.31 Å². The van der Waals surface area contributed by atoms with Gasteiger partial charge in [-0.05, 0) is 24.3 Å². The third-order valence-corrected chi connectivity index (χ3v) is 5.18. The third-order valence-electron chi connectivity index (χ3n) is 2.89. The second-order valence-electron chi connectivity index (χ2n) is 4.35. The number of halogens is 1. The van der Waals surface area contributed by atoms with E-state index in [-0.39, 0.29) is 17.2 Å². The molecule has 0 amide bonds. The number of para-hydroxylation sites is 1. The van der Waals surface area contributed by atoms with Crippen LogP contribution in [-0.4, -0.2) is 24.9 Å². The summed E-state index contributed by atoms with van der Waals surface area (Å²) in [5.41, 5.74) is 0.563. The SMILES string of the molecule is CN(Cc1ccccc1O)S(=O)(=O)c1cccc(Br)c1. The van der Waals surface area contributed by atoms with E-state index in [1.807, 2.05) is 0 Å². The number of sulfonamides is 1. The zero-order chi connectivity index (χ0) is 14.8. The molecule has 0 spiro atoms. The van der Waals surface area contributed by atoms with E-state index < -0.39 is 10.0 Å². The van der Waals surface area contributed by atoms with E-state index in [0.29, 0.717) is 10.0 Å². The summed E-state index contributed by atoms with van der Waals surface area (Å²) in [5, 5.41) is 9.71. The van der Waals surface area contributed by atoms with Gasteiger partial charge in [-0.3, -0.25) is 0 Å². The van der Waals surface area contributed by atoms with Crippen molar-refractivity contribution in [1.29, 1.82) is 0 Å². The molecule has 0 aliphatic heterocycles. The highest BCUT2D eigenvalue weighted by atomic mass is 79.9. The van der Waals surface area contributed by atoms with Crippen LogP contribution in [-0.2, 0) is 16.6 Å². The molecule has 2 aromatic carbocycles. The summed E-state index contributed by atoms with van der Waals surface area (Å²) in [6, 6.07) is 13.2. The maximum Gasteiger partial charge on any atom is 0.243 e. The molecule has 0 heterocycles. The Hall–Kier alpha value is -1.37. The zero-order valence-corrected chi connectivity index (χ0v) is 13.2. The Balaban J connectivity index is 2.29. The van der Waals surface area contributed by atoms with Crippen molar-refractivity contribution in [2.45, 2.75) is 11.4 Å². The van der Waals surface area contributed by atoms with Gasteiger partial charge in [-0.15, -0.1) is 0 Å². The molecule has 0 saturated heterocycles. The summed E-state index contributed by atoms with van der Waals surface area (Å²) in [6.07, 6.45) is 0. The van der Waals surface area contributed by atoms with Crippen LogP contribution in [0, 0.1) is 0 Å². The molecule has 0 aliphatic carbocycles. The molecule has 0 atom stereocenters. The average Bonchev–Trinajstić information content (AvgIpc) is 2.41. The number of aromatic hydroxyl groups is 1. The minimum atomic E-state index is -3.58. The van der Waals surface area contributed by atoms with Gasteiger partial charge >= 0.3 is 0 Å². The number of phenols is 1. The molecule has 0 unspecified atom stereocenters. The second kappa shape index (κ2) is 5.95. The predicted octanol–water partition coefficient (Wildman–Crippen LogP) is 2.98. The molecule has 20 heavy (non-hydrogen) atoms. The lowest BCUT2D eigenvalue weighted by Gasteiger charge is -2.18. The Morgan fingerprint density at radius 3 is 2.50 bits per heavy atom. The number of phenolic OH excluding ortho intramolecular Hbond substituents is 1. The molecule has 0 saturated carbocycles. The highest BCUT2D eigenvalue weighted by molar-refractivity contribution is 9.10. The Bertz CT molecular complexity index is 716. The van der Waals surface area contributed by atoms with Crippen LogP contribution in [0.4, 0.5) is 0 Å². The highest BCUT2D eigenvalue weighted by Crippen LogP contribution is 2.23. The molecular formula is C14H14BrNO3S. The maximum absolute atomic E-state index is 12.4. The first kappa shape index (κ1) is 15.0. The van der Waals surface area contributed by atoms with Gasteiger partial charge in [0.1, 0.15) is 5.75 Å². The van der Waals surface area contributed by atoms with Gasteiger partial charge in [-0.25, -0.2) is 8.42 Å². The molecular weight excluding hydrogens is 342 g/mol. The van der Waals surface area contributed by atoms with Gasteiger partial charge < -0.3 is 5.11 Å². The molecule has 0 bridgehead atoms. The largest absolute Gasteiger partial charge is 0.508 e. The summed E-state index contributed by atoms with van der Waals surface area (Å²) in [4.78, 5) is 0.213. The summed E-state index contributed by atoms with van der Waals surface area (Å²) >= 11 is 3.26. The maximum atomic E-state index is 12.4. The van der Waals surface area contributed by atoms with Crippen LogP contribution in [0.3, 0.4) is 0 Å². The minimum absolute atomic E-state index is 0.0868. The van der Waals surface area contributed by atoms with Crippen molar-refractivity contribution < 1.29 is 13.5 Å². The van der Waals surface area contributed by atoms with E-state index in [9.17, 15) is 13.5 Å². The lowest BCUT2D eigenvalue weighted by molar-refractivity contribution is 0.436. The standard InChI is InChI=1S/C14H14BrNO3S/c1-16(10-11-5-2-3-8-14(11)17)20(18,19)13-7-4-6-12(15)9-13/h2-9,17H,10H2,1H3. The summed E-state index contributed by atoms with van der Waals surface area (Å²) in [6.45, 7) is 0.113. The van der Waals surface area contributed by atoms with Crippen LogP contribution < -0.4 is 0 Å². The number of hydrogen-bond acceptors (Lipinski definition) is 3. The molecule has 0 aliphatic rings. The molecule has 0 aromatic heterocycles. The van der Waals surface area contributed by atoms with Crippen LogP contribution in [0.2, 0.25) is 0 Å². The van der Waals surface area contributed by atoms with Crippen molar-refractivity contribution >= 4 is 26.0 Å². The van der Waals surface area contributed by atoms with Crippen molar-refractivity contribution in [2.75, 3.05) is 7.05 Å². The fourth-order valence-corrected chi connectivity index (χ4v) is 3.52. The van der Waals surface area contributed by atoms with Crippen LogP contribution in [0.15, 0.2) is 57.9 Å². The van der Waals surface area contributed by atoms with Gasteiger partial charge in [-0.2, -0.15) is 4.31 Å². The second-order valence-corrected chi connectivity index (χ2v) is 7.31. The van der Waals surface area contributed by atoms with Crippen LogP contribution in [0.5, 0.6) is 5.75 Å². The summed E-state index contributed by atoms with van der Waals surface area (Å²) in [5.74, 6) is 0.0868. The number of nitrogens with zero attached hydrogens (tertiary/aromatic N) is 1. The van der Waals surface area contributed by atoms with Crippen LogP contribution in [0.1, 0.15) is 5.56 Å². The average molecular weight is 356 g/mol. The summed E-state index contributed by atoms with van der Waals surface area (Å²) in [7, 11) is -2.10. The van der Waals surface area contributed by atoms with E-state index >= 15 is 0 Å². The van der Waals surface area contributed by atoms with Crippen molar-refractivity contribution in [3.63, 3.8) is 0 Å². The van der Waals surface area contributed by atoms with Gasteiger partial charge in [0.05, 0.1) is 4.90 Å². The van der Waals surface area contributed by atoms with Crippen molar-refractivity contribution in [2.24, 2.45) is 0 Å². The topological polar surface area (TPSA) is 57.6 Å². The first-order valence-corrected chi connectivity index (χ1v) is 8.13. The third kappa shape index (κ3) is 3.20. The van der Waals surface area contributed by atoms with E-state index in [2.05, 4.69) is 15.9 Å².